The van der Waals surface area contributed by atoms with Crippen molar-refractivity contribution < 1.29 is 0 Å². The molecule has 0 amide bonds. The van der Waals surface area contributed by atoms with Crippen molar-refractivity contribution in [3.05, 3.63) is 5.28 Å². The first kappa shape index (κ1) is 13.0. The first-order chi connectivity index (χ1) is 7.67. The van der Waals surface area contributed by atoms with Crippen LogP contribution in [0.25, 0.3) is 0 Å². The highest BCUT2D eigenvalue weighted by Gasteiger charge is 2.07. The molecule has 1 heterocycles. The molecule has 0 atom stereocenters. The van der Waals surface area contributed by atoms with Gasteiger partial charge in [0.15, 0.2) is 0 Å². The van der Waals surface area contributed by atoms with E-state index in [-0.39, 0.29) is 5.28 Å². The Bertz CT molecular complexity index is 331. The summed E-state index contributed by atoms with van der Waals surface area (Å²) >= 11 is 5.81. The Balaban J connectivity index is 2.66. The van der Waals surface area contributed by atoms with Crippen LogP contribution in [0.15, 0.2) is 0 Å². The fraction of sp³-hybridized carbons (Fsp3) is 0.700. The lowest BCUT2D eigenvalue weighted by Gasteiger charge is -2.16. The van der Waals surface area contributed by atoms with Crippen LogP contribution >= 0.6 is 11.6 Å². The average Bonchev–Trinajstić information content (AvgIpc) is 2.28. The number of rotatable bonds is 6. The van der Waals surface area contributed by atoms with Crippen LogP contribution in [0, 0.1) is 0 Å². The van der Waals surface area contributed by atoms with E-state index in [1.54, 1.807) is 7.05 Å². The zero-order chi connectivity index (χ0) is 12.0. The molecule has 0 saturated heterocycles. The van der Waals surface area contributed by atoms with Crippen LogP contribution in [0.4, 0.5) is 11.9 Å². The van der Waals surface area contributed by atoms with Gasteiger partial charge in [0.2, 0.25) is 17.2 Å². The van der Waals surface area contributed by atoms with Crippen molar-refractivity contribution >= 4 is 23.5 Å². The molecule has 0 aromatic carbocycles. The quantitative estimate of drug-likeness (QED) is 0.777. The maximum atomic E-state index is 5.81. The van der Waals surface area contributed by atoms with Gasteiger partial charge in [-0.1, -0.05) is 19.8 Å². The number of hydrogen-bond donors (Lipinski definition) is 1. The van der Waals surface area contributed by atoms with Crippen molar-refractivity contribution in [1.82, 2.24) is 15.0 Å². The standard InChI is InChI=1S/C10H18ClN5/c1-4-5-6-7-16(3)10-14-8(11)13-9(12-2)15-10/h4-7H2,1-3H3,(H,12,13,14,15). The molecule has 0 saturated carbocycles. The summed E-state index contributed by atoms with van der Waals surface area (Å²) in [5, 5.41) is 3.08. The van der Waals surface area contributed by atoms with Crippen molar-refractivity contribution in [1.29, 1.82) is 0 Å². The first-order valence-electron chi connectivity index (χ1n) is 5.47. The monoisotopic (exact) mass is 243 g/mol. The van der Waals surface area contributed by atoms with E-state index in [2.05, 4.69) is 27.2 Å². The van der Waals surface area contributed by atoms with E-state index < -0.39 is 0 Å². The predicted octanol–water partition coefficient (Wildman–Crippen LogP) is 2.19. The molecule has 0 radical (unpaired) electrons. The van der Waals surface area contributed by atoms with E-state index in [0.717, 1.165) is 13.0 Å². The number of hydrogen-bond acceptors (Lipinski definition) is 5. The maximum Gasteiger partial charge on any atom is 0.231 e. The van der Waals surface area contributed by atoms with Crippen LogP contribution in [0.2, 0.25) is 5.28 Å². The molecule has 1 rings (SSSR count). The van der Waals surface area contributed by atoms with E-state index >= 15 is 0 Å². The number of nitrogens with one attached hydrogen (secondary N) is 1. The van der Waals surface area contributed by atoms with Gasteiger partial charge >= 0.3 is 0 Å². The van der Waals surface area contributed by atoms with Crippen LogP contribution in [0.1, 0.15) is 26.2 Å². The molecule has 1 N–H and O–H groups in total. The Hall–Kier alpha value is -1.10. The first-order valence-corrected chi connectivity index (χ1v) is 5.85. The SMILES string of the molecule is CCCCCN(C)c1nc(Cl)nc(NC)n1. The second-order valence-electron chi connectivity index (χ2n) is 3.61. The lowest BCUT2D eigenvalue weighted by Crippen LogP contribution is -2.21. The molecule has 1 aromatic heterocycles. The molecular weight excluding hydrogens is 226 g/mol. The van der Waals surface area contributed by atoms with E-state index in [1.165, 1.54) is 12.8 Å². The summed E-state index contributed by atoms with van der Waals surface area (Å²) in [5.41, 5.74) is 0. The largest absolute Gasteiger partial charge is 0.357 e. The van der Waals surface area contributed by atoms with Crippen molar-refractivity contribution in [2.75, 3.05) is 30.9 Å². The van der Waals surface area contributed by atoms with E-state index in [9.17, 15) is 0 Å². The van der Waals surface area contributed by atoms with Gasteiger partial charge in [0.1, 0.15) is 0 Å². The number of aromatic nitrogens is 3. The summed E-state index contributed by atoms with van der Waals surface area (Å²) in [6.07, 6.45) is 3.54. The summed E-state index contributed by atoms with van der Waals surface area (Å²) in [6.45, 7) is 3.11. The second kappa shape index (κ2) is 6.48. The Morgan fingerprint density at radius 2 is 2.00 bits per heavy atom. The number of unbranched alkanes of at least 4 members (excludes halogenated alkanes) is 2. The smallest absolute Gasteiger partial charge is 0.231 e. The van der Waals surface area contributed by atoms with Gasteiger partial charge in [0, 0.05) is 20.6 Å². The van der Waals surface area contributed by atoms with Crippen LogP contribution < -0.4 is 10.2 Å². The van der Waals surface area contributed by atoms with Crippen molar-refractivity contribution in [3.8, 4) is 0 Å². The molecule has 0 aliphatic carbocycles. The number of halogens is 1. The lowest BCUT2D eigenvalue weighted by molar-refractivity contribution is 0.695. The van der Waals surface area contributed by atoms with Gasteiger partial charge in [-0.2, -0.15) is 15.0 Å². The highest BCUT2D eigenvalue weighted by atomic mass is 35.5. The molecule has 0 aliphatic rings. The summed E-state index contributed by atoms with van der Waals surface area (Å²) < 4.78 is 0. The molecule has 6 heteroatoms. The normalized spacial score (nSPS) is 10.2. The molecule has 0 spiro atoms. The second-order valence-corrected chi connectivity index (χ2v) is 3.94. The fourth-order valence-corrected chi connectivity index (χ4v) is 1.48. The zero-order valence-electron chi connectivity index (χ0n) is 10.00. The number of nitrogens with zero attached hydrogens (tertiary/aromatic N) is 4. The van der Waals surface area contributed by atoms with Crippen LogP contribution in [0.5, 0.6) is 0 Å². The van der Waals surface area contributed by atoms with Gasteiger partial charge in [-0.15, -0.1) is 0 Å². The van der Waals surface area contributed by atoms with Gasteiger partial charge in [0.05, 0.1) is 0 Å². The Morgan fingerprint density at radius 3 is 2.62 bits per heavy atom. The molecule has 0 fully saturated rings. The van der Waals surface area contributed by atoms with Gasteiger partial charge in [-0.3, -0.25) is 0 Å². The van der Waals surface area contributed by atoms with Crippen molar-refractivity contribution in [3.63, 3.8) is 0 Å². The van der Waals surface area contributed by atoms with E-state index in [4.69, 9.17) is 11.6 Å². The highest BCUT2D eigenvalue weighted by Crippen LogP contribution is 2.12. The molecule has 16 heavy (non-hydrogen) atoms. The molecular formula is C10H18ClN5. The summed E-state index contributed by atoms with van der Waals surface area (Å²) in [7, 11) is 3.72. The Labute approximate surface area is 101 Å². The summed E-state index contributed by atoms with van der Waals surface area (Å²) in [4.78, 5) is 14.3. The minimum Gasteiger partial charge on any atom is -0.357 e. The highest BCUT2D eigenvalue weighted by molar-refractivity contribution is 6.28. The maximum absolute atomic E-state index is 5.81. The molecule has 1 aromatic rings. The fourth-order valence-electron chi connectivity index (χ4n) is 1.32. The van der Waals surface area contributed by atoms with Crippen LogP contribution in [-0.4, -0.2) is 35.6 Å². The number of anilines is 2. The minimum absolute atomic E-state index is 0.219. The lowest BCUT2D eigenvalue weighted by atomic mass is 10.2. The van der Waals surface area contributed by atoms with E-state index in [0.29, 0.717) is 11.9 Å². The van der Waals surface area contributed by atoms with Crippen LogP contribution in [0.3, 0.4) is 0 Å². The van der Waals surface area contributed by atoms with Gasteiger partial charge in [-0.05, 0) is 18.0 Å². The molecule has 0 unspecified atom stereocenters. The van der Waals surface area contributed by atoms with Crippen LogP contribution in [-0.2, 0) is 0 Å². The third-order valence-electron chi connectivity index (χ3n) is 2.26. The Morgan fingerprint density at radius 1 is 1.25 bits per heavy atom. The molecule has 90 valence electrons. The van der Waals surface area contributed by atoms with Crippen molar-refractivity contribution in [2.24, 2.45) is 0 Å². The molecule has 0 aliphatic heterocycles. The topological polar surface area (TPSA) is 53.9 Å². The van der Waals surface area contributed by atoms with Gasteiger partial charge < -0.3 is 10.2 Å². The summed E-state index contributed by atoms with van der Waals surface area (Å²) in [5.74, 6) is 1.11. The van der Waals surface area contributed by atoms with Gasteiger partial charge in [0.25, 0.3) is 0 Å². The van der Waals surface area contributed by atoms with Crippen molar-refractivity contribution in [2.45, 2.75) is 26.2 Å². The molecule has 0 bridgehead atoms. The third-order valence-corrected chi connectivity index (χ3v) is 2.43. The minimum atomic E-state index is 0.219. The summed E-state index contributed by atoms with van der Waals surface area (Å²) in [6, 6.07) is 0. The third kappa shape index (κ3) is 3.81. The van der Waals surface area contributed by atoms with Gasteiger partial charge in [-0.25, -0.2) is 0 Å². The predicted molar refractivity (Wildman–Crippen MR) is 67.2 cm³/mol. The zero-order valence-corrected chi connectivity index (χ0v) is 10.8. The van der Waals surface area contributed by atoms with E-state index in [1.807, 2.05) is 11.9 Å². The Kier molecular flexibility index (Phi) is 5.25. The molecule has 5 nitrogen and oxygen atoms in total. The average molecular weight is 244 g/mol.